The molecular weight excluding hydrogens is 228 g/mol. The summed E-state index contributed by atoms with van der Waals surface area (Å²) >= 11 is 0. The lowest BCUT2D eigenvalue weighted by molar-refractivity contribution is -0.139. The second-order valence-electron chi connectivity index (χ2n) is 5.00. The number of ether oxygens (including phenoxy) is 1. The van der Waals surface area contributed by atoms with Gasteiger partial charge in [0.05, 0.1) is 0 Å². The molecule has 0 amide bonds. The smallest absolute Gasteiger partial charge is 0.334 e. The summed E-state index contributed by atoms with van der Waals surface area (Å²) in [5.41, 5.74) is 2.54. The second-order valence-corrected chi connectivity index (χ2v) is 5.00. The third-order valence-electron chi connectivity index (χ3n) is 3.67. The van der Waals surface area contributed by atoms with E-state index in [1.807, 2.05) is 6.08 Å². The fourth-order valence-corrected chi connectivity index (χ4v) is 2.48. The number of hydrogen-bond acceptors (Lipinski definition) is 3. The Morgan fingerprint density at radius 1 is 1.44 bits per heavy atom. The van der Waals surface area contributed by atoms with Crippen molar-refractivity contribution in [3.05, 3.63) is 35.5 Å². The first-order chi connectivity index (χ1) is 8.61. The van der Waals surface area contributed by atoms with Crippen LogP contribution in [0.25, 0.3) is 0 Å². The van der Waals surface area contributed by atoms with Gasteiger partial charge >= 0.3 is 5.97 Å². The van der Waals surface area contributed by atoms with Crippen molar-refractivity contribution in [1.29, 1.82) is 0 Å². The minimum atomic E-state index is -0.319. The van der Waals surface area contributed by atoms with Crippen molar-refractivity contribution in [2.24, 2.45) is 5.92 Å². The van der Waals surface area contributed by atoms with Crippen LogP contribution in [0.2, 0.25) is 0 Å². The van der Waals surface area contributed by atoms with E-state index in [4.69, 9.17) is 4.74 Å². The van der Waals surface area contributed by atoms with E-state index in [0.29, 0.717) is 12.0 Å². The average Bonchev–Trinajstić information content (AvgIpc) is 2.61. The molecule has 1 aliphatic heterocycles. The highest BCUT2D eigenvalue weighted by Crippen LogP contribution is 2.34. The third-order valence-corrected chi connectivity index (χ3v) is 3.67. The molecule has 1 heterocycles. The molecule has 2 aliphatic rings. The molecule has 1 fully saturated rings. The van der Waals surface area contributed by atoms with E-state index >= 15 is 0 Å². The van der Waals surface area contributed by atoms with Crippen LogP contribution < -0.4 is 0 Å². The molecule has 0 radical (unpaired) electrons. The second kappa shape index (κ2) is 5.34. The highest BCUT2D eigenvalue weighted by Gasteiger charge is 2.38. The van der Waals surface area contributed by atoms with Crippen LogP contribution in [0.4, 0.5) is 0 Å². The summed E-state index contributed by atoms with van der Waals surface area (Å²) < 4.78 is 5.31. The number of carbonyl (C=O) groups excluding carboxylic acids is 2. The molecule has 0 N–H and O–H groups in total. The third kappa shape index (κ3) is 2.61. The monoisotopic (exact) mass is 246 g/mol. The highest BCUT2D eigenvalue weighted by atomic mass is 16.6. The molecule has 0 aromatic carbocycles. The van der Waals surface area contributed by atoms with Gasteiger partial charge in [-0.05, 0) is 31.8 Å². The zero-order chi connectivity index (χ0) is 13.1. The molecule has 3 heteroatoms. The molecule has 0 saturated carbocycles. The average molecular weight is 246 g/mol. The van der Waals surface area contributed by atoms with Crippen molar-refractivity contribution >= 4 is 12.3 Å². The van der Waals surface area contributed by atoms with E-state index in [0.717, 1.165) is 31.1 Å². The predicted molar refractivity (Wildman–Crippen MR) is 68.9 cm³/mol. The quantitative estimate of drug-likeness (QED) is 0.309. The van der Waals surface area contributed by atoms with Crippen LogP contribution in [0.3, 0.4) is 0 Å². The summed E-state index contributed by atoms with van der Waals surface area (Å²) in [6, 6.07) is 0. The Hall–Kier alpha value is -1.64. The van der Waals surface area contributed by atoms with Gasteiger partial charge in [-0.15, -0.1) is 0 Å². The minimum Gasteiger partial charge on any atom is -0.458 e. The fourth-order valence-electron chi connectivity index (χ4n) is 2.48. The molecular formula is C15H18O3. The summed E-state index contributed by atoms with van der Waals surface area (Å²) in [4.78, 5) is 22.6. The van der Waals surface area contributed by atoms with E-state index in [9.17, 15) is 9.59 Å². The van der Waals surface area contributed by atoms with Gasteiger partial charge in [-0.25, -0.2) is 4.79 Å². The van der Waals surface area contributed by atoms with E-state index < -0.39 is 0 Å². The van der Waals surface area contributed by atoms with Crippen molar-refractivity contribution < 1.29 is 14.3 Å². The Morgan fingerprint density at radius 3 is 2.94 bits per heavy atom. The Labute approximate surface area is 107 Å². The largest absolute Gasteiger partial charge is 0.458 e. The van der Waals surface area contributed by atoms with Gasteiger partial charge in [0.1, 0.15) is 12.4 Å². The van der Waals surface area contributed by atoms with Gasteiger partial charge in [-0.3, -0.25) is 4.79 Å². The summed E-state index contributed by atoms with van der Waals surface area (Å²) in [6.07, 6.45) is 7.83. The molecule has 18 heavy (non-hydrogen) atoms. The zero-order valence-electron chi connectivity index (χ0n) is 10.6. The molecule has 96 valence electrons. The Kier molecular flexibility index (Phi) is 3.80. The van der Waals surface area contributed by atoms with Crippen LogP contribution in [0.1, 0.15) is 32.6 Å². The number of carbonyl (C=O) groups is 2. The Morgan fingerprint density at radius 2 is 2.22 bits per heavy atom. The van der Waals surface area contributed by atoms with Crippen LogP contribution in [-0.4, -0.2) is 18.4 Å². The van der Waals surface area contributed by atoms with E-state index in [-0.39, 0.29) is 18.0 Å². The molecule has 1 saturated heterocycles. The molecule has 2 rings (SSSR count). The standard InChI is InChI=1S/C15H18O3/c1-10-4-3-5-12(9-16)8-14-13(7-6-10)11(2)15(17)18-14/h5-6,9,13-14H,2-4,7-8H2,1H3. The topological polar surface area (TPSA) is 43.4 Å². The van der Waals surface area contributed by atoms with Crippen molar-refractivity contribution in [3.63, 3.8) is 0 Å². The summed E-state index contributed by atoms with van der Waals surface area (Å²) in [5, 5.41) is 0. The van der Waals surface area contributed by atoms with Gasteiger partial charge in [0, 0.05) is 17.9 Å². The molecule has 0 aromatic heterocycles. The van der Waals surface area contributed by atoms with Crippen molar-refractivity contribution in [3.8, 4) is 0 Å². The van der Waals surface area contributed by atoms with E-state index in [1.54, 1.807) is 0 Å². The normalized spacial score (nSPS) is 28.9. The summed E-state index contributed by atoms with van der Waals surface area (Å²) in [7, 11) is 0. The number of hydrogen-bond donors (Lipinski definition) is 0. The van der Waals surface area contributed by atoms with Crippen LogP contribution in [0.15, 0.2) is 35.5 Å². The highest BCUT2D eigenvalue weighted by molar-refractivity contribution is 5.91. The number of rotatable bonds is 1. The zero-order valence-corrected chi connectivity index (χ0v) is 10.6. The van der Waals surface area contributed by atoms with Crippen molar-refractivity contribution in [2.75, 3.05) is 0 Å². The molecule has 2 atom stereocenters. The fraction of sp³-hybridized carbons (Fsp3) is 0.467. The molecule has 0 bridgehead atoms. The lowest BCUT2D eigenvalue weighted by Gasteiger charge is -2.17. The van der Waals surface area contributed by atoms with Crippen molar-refractivity contribution in [1.82, 2.24) is 0 Å². The minimum absolute atomic E-state index is 0.00824. The number of esters is 1. The molecule has 0 aromatic rings. The van der Waals surface area contributed by atoms with E-state index in [1.165, 1.54) is 5.57 Å². The molecule has 3 nitrogen and oxygen atoms in total. The Balaban J connectivity index is 2.27. The SMILES string of the molecule is C=C1C(=O)OC2CC(C=O)=CCCC(C)=CCC12. The Bertz CT molecular complexity index is 443. The summed E-state index contributed by atoms with van der Waals surface area (Å²) in [5.74, 6) is -0.311. The van der Waals surface area contributed by atoms with Crippen LogP contribution in [0.5, 0.6) is 0 Å². The van der Waals surface area contributed by atoms with Gasteiger partial charge in [-0.2, -0.15) is 0 Å². The van der Waals surface area contributed by atoms with Gasteiger partial charge in [-0.1, -0.05) is 24.3 Å². The predicted octanol–water partition coefficient (Wildman–Crippen LogP) is 2.73. The molecule has 2 unspecified atom stereocenters. The first-order valence-corrected chi connectivity index (χ1v) is 6.31. The van der Waals surface area contributed by atoms with Gasteiger partial charge in [0.25, 0.3) is 0 Å². The number of aldehydes is 1. The summed E-state index contributed by atoms with van der Waals surface area (Å²) in [6.45, 7) is 5.89. The van der Waals surface area contributed by atoms with Crippen molar-refractivity contribution in [2.45, 2.75) is 38.7 Å². The first-order valence-electron chi connectivity index (χ1n) is 6.31. The van der Waals surface area contributed by atoms with Gasteiger partial charge in [0.2, 0.25) is 0 Å². The van der Waals surface area contributed by atoms with Gasteiger partial charge in [0.15, 0.2) is 0 Å². The first kappa shape index (κ1) is 12.8. The molecule has 1 aliphatic carbocycles. The van der Waals surface area contributed by atoms with Crippen LogP contribution >= 0.6 is 0 Å². The maximum absolute atomic E-state index is 11.6. The lowest BCUT2D eigenvalue weighted by Crippen LogP contribution is -2.18. The van der Waals surface area contributed by atoms with Crippen LogP contribution in [0, 0.1) is 5.92 Å². The van der Waals surface area contributed by atoms with E-state index in [2.05, 4.69) is 19.6 Å². The number of fused-ring (bicyclic) bond motifs is 1. The lowest BCUT2D eigenvalue weighted by atomic mass is 9.88. The maximum atomic E-state index is 11.6. The maximum Gasteiger partial charge on any atom is 0.334 e. The number of allylic oxidation sites excluding steroid dienone is 3. The van der Waals surface area contributed by atoms with Crippen LogP contribution in [-0.2, 0) is 14.3 Å². The van der Waals surface area contributed by atoms with Gasteiger partial charge < -0.3 is 4.74 Å². The molecule has 0 spiro atoms.